The van der Waals surface area contributed by atoms with Crippen LogP contribution in [0.1, 0.15) is 5.56 Å². The lowest BCUT2D eigenvalue weighted by Gasteiger charge is -2.23. The van der Waals surface area contributed by atoms with E-state index in [1.807, 2.05) is 12.1 Å². The van der Waals surface area contributed by atoms with Gasteiger partial charge in [-0.2, -0.15) is 0 Å². The number of halogens is 6. The van der Waals surface area contributed by atoms with Gasteiger partial charge in [0.1, 0.15) is 11.6 Å². The van der Waals surface area contributed by atoms with Crippen LogP contribution in [0.4, 0.5) is 0 Å². The highest BCUT2D eigenvalue weighted by molar-refractivity contribution is 6.79. The van der Waals surface area contributed by atoms with Crippen LogP contribution in [0.3, 0.4) is 0 Å². The summed E-state index contributed by atoms with van der Waals surface area (Å²) in [6.07, 6.45) is 1.68. The van der Waals surface area contributed by atoms with Gasteiger partial charge in [-0.1, -0.05) is 81.7 Å². The average molecular weight is 436 g/mol. The summed E-state index contributed by atoms with van der Waals surface area (Å²) in [4.78, 5) is 8.08. The Morgan fingerprint density at radius 3 is 2.04 bits per heavy atom. The van der Waals surface area contributed by atoms with Crippen LogP contribution in [-0.4, -0.2) is 26.4 Å². The lowest BCUT2D eigenvalue weighted by Crippen LogP contribution is -2.39. The van der Waals surface area contributed by atoms with E-state index in [2.05, 4.69) is 15.3 Å². The van der Waals surface area contributed by atoms with Crippen LogP contribution in [0.15, 0.2) is 40.1 Å². The number of alkyl halides is 6. The summed E-state index contributed by atoms with van der Waals surface area (Å²) in [5.74, 6) is 0.909. The number of aliphatic imine (C=N–C) groups is 2. The molecule has 23 heavy (non-hydrogen) atoms. The van der Waals surface area contributed by atoms with E-state index in [0.717, 1.165) is 11.3 Å². The van der Waals surface area contributed by atoms with Gasteiger partial charge in [0.05, 0.1) is 7.11 Å². The van der Waals surface area contributed by atoms with Crippen molar-refractivity contribution in [2.75, 3.05) is 7.11 Å². The predicted octanol–water partition coefficient (Wildman–Crippen LogP) is 5.13. The van der Waals surface area contributed by atoms with Crippen LogP contribution in [-0.2, 0) is 0 Å². The van der Waals surface area contributed by atoms with Gasteiger partial charge in [0, 0.05) is 0 Å². The smallest absolute Gasteiger partial charge is 0.250 e. The number of hydrogen-bond donors (Lipinski definition) is 1. The fourth-order valence-corrected chi connectivity index (χ4v) is 2.13. The molecule has 0 aliphatic carbocycles. The highest BCUT2D eigenvalue weighted by Crippen LogP contribution is 2.34. The molecule has 0 amide bonds. The van der Waals surface area contributed by atoms with E-state index in [1.165, 1.54) is 0 Å². The van der Waals surface area contributed by atoms with Gasteiger partial charge in [-0.3, -0.25) is 0 Å². The highest BCUT2D eigenvalue weighted by atomic mass is 35.6. The summed E-state index contributed by atoms with van der Waals surface area (Å²) in [7, 11) is 1.58. The van der Waals surface area contributed by atoms with Crippen LogP contribution in [0, 0.1) is 0 Å². The molecule has 0 bridgehead atoms. The fraction of sp³-hybridized carbons (Fsp3) is 0.231. The topological polar surface area (TPSA) is 46.0 Å². The summed E-state index contributed by atoms with van der Waals surface area (Å²) in [6, 6.07) is 7.22. The predicted molar refractivity (Wildman–Crippen MR) is 99.6 cm³/mol. The quantitative estimate of drug-likeness (QED) is 0.654. The van der Waals surface area contributed by atoms with E-state index in [9.17, 15) is 0 Å². The third kappa shape index (κ3) is 5.31. The van der Waals surface area contributed by atoms with Crippen molar-refractivity contribution in [3.8, 4) is 5.75 Å². The molecule has 1 heterocycles. The number of rotatable bonds is 2. The molecule has 124 valence electrons. The first-order chi connectivity index (χ1) is 10.6. The summed E-state index contributed by atoms with van der Waals surface area (Å²) >= 11 is 35.0. The molecule has 0 saturated carbocycles. The summed E-state index contributed by atoms with van der Waals surface area (Å²) in [5.41, 5.74) is 0.811. The second kappa shape index (κ2) is 7.26. The minimum absolute atomic E-state index is 0.0152. The number of benzene rings is 1. The van der Waals surface area contributed by atoms with Crippen LogP contribution < -0.4 is 10.1 Å². The average Bonchev–Trinajstić information content (AvgIpc) is 2.46. The number of methoxy groups -OCH3 is 1. The molecule has 0 aromatic heterocycles. The number of nitrogens with one attached hydrogen (secondary N) is 1. The van der Waals surface area contributed by atoms with Crippen molar-refractivity contribution < 1.29 is 4.74 Å². The maximum atomic E-state index is 5.84. The van der Waals surface area contributed by atoms with E-state index in [-0.39, 0.29) is 11.7 Å². The van der Waals surface area contributed by atoms with E-state index < -0.39 is 7.59 Å². The van der Waals surface area contributed by atoms with Gasteiger partial charge in [0.15, 0.2) is 11.7 Å². The first-order valence-electron chi connectivity index (χ1n) is 6.04. The molecular weight excluding hydrogens is 427 g/mol. The second-order valence-electron chi connectivity index (χ2n) is 4.32. The Bertz CT molecular complexity index is 670. The first-order valence-corrected chi connectivity index (χ1v) is 8.31. The van der Waals surface area contributed by atoms with Crippen molar-refractivity contribution in [2.45, 2.75) is 7.59 Å². The zero-order valence-electron chi connectivity index (χ0n) is 11.5. The number of hydrogen-bond acceptors (Lipinski definition) is 4. The molecule has 0 atom stereocenters. The standard InChI is InChI=1S/C13H9Cl6N3O/c1-23-8-4-2-7(3-5-8)6-9-20-10(12(14,15)16)22-11(21-9)13(17,18)19/h2-6H,1H3,(H,20,21,22). The Kier molecular flexibility index (Phi) is 5.99. The van der Waals surface area contributed by atoms with E-state index in [1.54, 1.807) is 25.3 Å². The summed E-state index contributed by atoms with van der Waals surface area (Å²) in [6.45, 7) is 0. The highest BCUT2D eigenvalue weighted by Gasteiger charge is 2.36. The van der Waals surface area contributed by atoms with Crippen molar-refractivity contribution >= 4 is 87.4 Å². The van der Waals surface area contributed by atoms with E-state index in [4.69, 9.17) is 74.3 Å². The van der Waals surface area contributed by atoms with Gasteiger partial charge in [0.25, 0.3) is 0 Å². The van der Waals surface area contributed by atoms with Crippen LogP contribution in [0.5, 0.6) is 5.75 Å². The van der Waals surface area contributed by atoms with Crippen molar-refractivity contribution in [2.24, 2.45) is 9.98 Å². The van der Waals surface area contributed by atoms with Crippen LogP contribution in [0.25, 0.3) is 6.08 Å². The molecule has 1 aromatic rings. The third-order valence-electron chi connectivity index (χ3n) is 2.63. The minimum Gasteiger partial charge on any atom is -0.497 e. The molecule has 0 radical (unpaired) electrons. The molecule has 0 unspecified atom stereocenters. The van der Waals surface area contributed by atoms with Gasteiger partial charge in [-0.05, 0) is 23.8 Å². The maximum Gasteiger partial charge on any atom is 0.250 e. The lowest BCUT2D eigenvalue weighted by molar-refractivity contribution is 0.415. The molecule has 2 rings (SSSR count). The van der Waals surface area contributed by atoms with Gasteiger partial charge in [-0.25, -0.2) is 9.98 Å². The molecular formula is C13H9Cl6N3O. The van der Waals surface area contributed by atoms with Gasteiger partial charge >= 0.3 is 0 Å². The molecule has 1 N–H and O–H groups in total. The zero-order chi connectivity index (χ0) is 17.3. The van der Waals surface area contributed by atoms with Crippen molar-refractivity contribution in [1.29, 1.82) is 0 Å². The molecule has 1 aliphatic rings. The molecule has 0 spiro atoms. The van der Waals surface area contributed by atoms with Crippen LogP contribution >= 0.6 is 69.6 Å². The summed E-state index contributed by atoms with van der Waals surface area (Å²) < 4.78 is 1.41. The Labute approximate surface area is 163 Å². The van der Waals surface area contributed by atoms with Gasteiger partial charge in [0.2, 0.25) is 7.59 Å². The number of nitrogens with zero attached hydrogens (tertiary/aromatic N) is 2. The molecule has 4 nitrogen and oxygen atoms in total. The number of amidine groups is 2. The van der Waals surface area contributed by atoms with Gasteiger partial charge < -0.3 is 10.1 Å². The van der Waals surface area contributed by atoms with E-state index in [0.29, 0.717) is 5.82 Å². The van der Waals surface area contributed by atoms with Crippen LogP contribution in [0.2, 0.25) is 0 Å². The first kappa shape index (κ1) is 19.0. The molecule has 1 aromatic carbocycles. The SMILES string of the molecule is COc1ccc(/C=C2/N=C(C(Cl)(Cl)Cl)N=C(C(Cl)(Cl)Cl)N2)cc1. The van der Waals surface area contributed by atoms with E-state index >= 15 is 0 Å². The Hall–Kier alpha value is -0.360. The Morgan fingerprint density at radius 1 is 0.957 bits per heavy atom. The molecule has 0 fully saturated rings. The summed E-state index contributed by atoms with van der Waals surface area (Å²) in [5, 5.41) is 2.79. The zero-order valence-corrected chi connectivity index (χ0v) is 16.0. The van der Waals surface area contributed by atoms with Gasteiger partial charge in [-0.15, -0.1) is 0 Å². The van der Waals surface area contributed by atoms with Crippen molar-refractivity contribution in [3.05, 3.63) is 35.6 Å². The second-order valence-corrected chi connectivity index (χ2v) is 8.88. The number of ether oxygens (including phenoxy) is 1. The normalized spacial score (nSPS) is 17.4. The fourth-order valence-electron chi connectivity index (χ4n) is 1.61. The molecule has 1 aliphatic heterocycles. The van der Waals surface area contributed by atoms with Crippen molar-refractivity contribution in [3.63, 3.8) is 0 Å². The minimum atomic E-state index is -1.86. The van der Waals surface area contributed by atoms with Crippen molar-refractivity contribution in [1.82, 2.24) is 5.32 Å². The molecule has 10 heteroatoms. The monoisotopic (exact) mass is 433 g/mol. The Balaban J connectivity index is 2.40. The largest absolute Gasteiger partial charge is 0.497 e. The Morgan fingerprint density at radius 2 is 1.57 bits per heavy atom. The lowest BCUT2D eigenvalue weighted by atomic mass is 10.2. The molecule has 0 saturated heterocycles. The maximum absolute atomic E-state index is 5.84. The third-order valence-corrected chi connectivity index (χ3v) is 3.68.